The number of hydrogen-bond donors (Lipinski definition) is 3. The number of nitrogens with zero attached hydrogens (tertiary/aromatic N) is 1. The van der Waals surface area contributed by atoms with Crippen molar-refractivity contribution in [2.24, 2.45) is 0 Å². The maximum atomic E-state index is 12.8. The maximum absolute atomic E-state index is 12.8. The van der Waals surface area contributed by atoms with Crippen molar-refractivity contribution in [3.8, 4) is 0 Å². The number of amides is 6. The van der Waals surface area contributed by atoms with Crippen LogP contribution in [-0.2, 0) is 15.1 Å². The number of hydrogen-bond acceptors (Lipinski definition) is 4. The van der Waals surface area contributed by atoms with Crippen LogP contribution in [-0.4, -0.2) is 42.4 Å². The summed E-state index contributed by atoms with van der Waals surface area (Å²) in [7, 11) is 1.38. The van der Waals surface area contributed by atoms with Gasteiger partial charge in [-0.1, -0.05) is 38.1 Å². The van der Waals surface area contributed by atoms with E-state index in [0.29, 0.717) is 11.5 Å². The molecule has 1 atom stereocenters. The lowest BCUT2D eigenvalue weighted by Crippen LogP contribution is -2.42. The fourth-order valence-corrected chi connectivity index (χ4v) is 2.76. The standard InChI is InChI=1S/C18H24N4O4/c1-11(2)12-5-7-13(8-6-12)18(3)15(24)22(17(26)21-18)10-9-14(23)20-16(25)19-4/h5-8,11H,9-10H2,1-4H3,(H,21,26)(H2,19,20,23,25). The van der Waals surface area contributed by atoms with Gasteiger partial charge >= 0.3 is 12.1 Å². The average Bonchev–Trinajstić information content (AvgIpc) is 2.83. The van der Waals surface area contributed by atoms with Gasteiger partial charge in [0.2, 0.25) is 5.91 Å². The molecule has 0 spiro atoms. The Hall–Kier alpha value is -2.90. The summed E-state index contributed by atoms with van der Waals surface area (Å²) in [6.07, 6.45) is -0.158. The molecule has 8 nitrogen and oxygen atoms in total. The van der Waals surface area contributed by atoms with Gasteiger partial charge in [-0.3, -0.25) is 19.8 Å². The molecule has 26 heavy (non-hydrogen) atoms. The Kier molecular flexibility index (Phi) is 5.64. The lowest BCUT2D eigenvalue weighted by Gasteiger charge is -2.22. The minimum Gasteiger partial charge on any atom is -0.341 e. The second-order valence-corrected chi connectivity index (χ2v) is 6.67. The van der Waals surface area contributed by atoms with Gasteiger partial charge in [0.15, 0.2) is 0 Å². The van der Waals surface area contributed by atoms with Crippen molar-refractivity contribution in [1.29, 1.82) is 0 Å². The topological polar surface area (TPSA) is 108 Å². The normalized spacial score (nSPS) is 19.5. The molecule has 3 N–H and O–H groups in total. The molecule has 1 heterocycles. The molecule has 8 heteroatoms. The summed E-state index contributed by atoms with van der Waals surface area (Å²) in [6.45, 7) is 5.69. The summed E-state index contributed by atoms with van der Waals surface area (Å²) < 4.78 is 0. The third-order valence-electron chi connectivity index (χ3n) is 4.47. The van der Waals surface area contributed by atoms with E-state index in [-0.39, 0.29) is 13.0 Å². The maximum Gasteiger partial charge on any atom is 0.325 e. The molecule has 0 radical (unpaired) electrons. The Balaban J connectivity index is 2.09. The van der Waals surface area contributed by atoms with Gasteiger partial charge in [0, 0.05) is 20.0 Å². The number of carbonyl (C=O) groups excluding carboxylic acids is 4. The van der Waals surface area contributed by atoms with Crippen molar-refractivity contribution >= 4 is 23.9 Å². The number of carbonyl (C=O) groups is 4. The van der Waals surface area contributed by atoms with Gasteiger partial charge in [-0.25, -0.2) is 9.59 Å². The first-order valence-electron chi connectivity index (χ1n) is 8.45. The lowest BCUT2D eigenvalue weighted by atomic mass is 9.90. The molecule has 0 aromatic heterocycles. The van der Waals surface area contributed by atoms with Crippen molar-refractivity contribution in [1.82, 2.24) is 20.9 Å². The van der Waals surface area contributed by atoms with E-state index < -0.39 is 29.4 Å². The van der Waals surface area contributed by atoms with E-state index in [1.54, 1.807) is 6.92 Å². The predicted molar refractivity (Wildman–Crippen MR) is 95.3 cm³/mol. The first-order chi connectivity index (χ1) is 12.2. The van der Waals surface area contributed by atoms with E-state index in [1.807, 2.05) is 24.3 Å². The fraction of sp³-hybridized carbons (Fsp3) is 0.444. The Morgan fingerprint density at radius 2 is 1.81 bits per heavy atom. The molecule has 0 aliphatic carbocycles. The van der Waals surface area contributed by atoms with Crippen molar-refractivity contribution in [2.45, 2.75) is 38.6 Å². The van der Waals surface area contributed by atoms with Crippen LogP contribution in [0.4, 0.5) is 9.59 Å². The summed E-state index contributed by atoms with van der Waals surface area (Å²) in [4.78, 5) is 48.8. The molecule has 1 saturated heterocycles. The van der Waals surface area contributed by atoms with Crippen molar-refractivity contribution in [3.05, 3.63) is 35.4 Å². The average molecular weight is 360 g/mol. The highest BCUT2D eigenvalue weighted by molar-refractivity contribution is 6.07. The minimum atomic E-state index is -1.18. The van der Waals surface area contributed by atoms with Gasteiger partial charge in [-0.2, -0.15) is 0 Å². The molecule has 1 aromatic rings. The van der Waals surface area contributed by atoms with Crippen LogP contribution in [0.1, 0.15) is 44.2 Å². The van der Waals surface area contributed by atoms with E-state index >= 15 is 0 Å². The van der Waals surface area contributed by atoms with Gasteiger partial charge in [-0.15, -0.1) is 0 Å². The van der Waals surface area contributed by atoms with Crippen LogP contribution >= 0.6 is 0 Å². The van der Waals surface area contributed by atoms with Crippen molar-refractivity contribution in [2.75, 3.05) is 13.6 Å². The van der Waals surface area contributed by atoms with Crippen LogP contribution in [0, 0.1) is 0 Å². The zero-order valence-corrected chi connectivity index (χ0v) is 15.4. The first kappa shape index (κ1) is 19.4. The van der Waals surface area contributed by atoms with E-state index in [0.717, 1.165) is 10.5 Å². The number of urea groups is 2. The Labute approximate surface area is 152 Å². The van der Waals surface area contributed by atoms with E-state index in [9.17, 15) is 19.2 Å². The Morgan fingerprint density at radius 1 is 1.19 bits per heavy atom. The number of nitrogens with one attached hydrogen (secondary N) is 3. The third kappa shape index (κ3) is 3.84. The van der Waals surface area contributed by atoms with E-state index in [2.05, 4.69) is 29.8 Å². The van der Waals surface area contributed by atoms with Gasteiger partial charge in [0.1, 0.15) is 5.54 Å². The zero-order chi connectivity index (χ0) is 19.5. The number of rotatable bonds is 5. The first-order valence-corrected chi connectivity index (χ1v) is 8.45. The smallest absolute Gasteiger partial charge is 0.325 e. The summed E-state index contributed by atoms with van der Waals surface area (Å²) in [5, 5.41) is 7.05. The van der Waals surface area contributed by atoms with Gasteiger partial charge in [0.25, 0.3) is 5.91 Å². The largest absolute Gasteiger partial charge is 0.341 e. The SMILES string of the molecule is CNC(=O)NC(=O)CCN1C(=O)NC(C)(c2ccc(C(C)C)cc2)C1=O. The van der Waals surface area contributed by atoms with Crippen LogP contribution < -0.4 is 16.0 Å². The van der Waals surface area contributed by atoms with Crippen LogP contribution in [0.3, 0.4) is 0 Å². The van der Waals surface area contributed by atoms with Crippen molar-refractivity contribution in [3.63, 3.8) is 0 Å². The molecule has 0 bridgehead atoms. The molecule has 6 amide bonds. The molecule has 0 saturated carbocycles. The number of benzene rings is 1. The summed E-state index contributed by atoms with van der Waals surface area (Å²) in [6, 6.07) is 6.33. The molecule has 1 aromatic carbocycles. The quantitative estimate of drug-likeness (QED) is 0.690. The van der Waals surface area contributed by atoms with Gasteiger partial charge < -0.3 is 10.6 Å². The second kappa shape index (κ2) is 7.55. The highest BCUT2D eigenvalue weighted by Crippen LogP contribution is 2.30. The molecular weight excluding hydrogens is 336 g/mol. The third-order valence-corrected chi connectivity index (χ3v) is 4.47. The Morgan fingerprint density at radius 3 is 2.35 bits per heavy atom. The minimum absolute atomic E-state index is 0.104. The van der Waals surface area contributed by atoms with Crippen LogP contribution in [0.25, 0.3) is 0 Å². The second-order valence-electron chi connectivity index (χ2n) is 6.67. The zero-order valence-electron chi connectivity index (χ0n) is 15.4. The monoisotopic (exact) mass is 360 g/mol. The van der Waals surface area contributed by atoms with Gasteiger partial charge in [0.05, 0.1) is 0 Å². The van der Waals surface area contributed by atoms with Gasteiger partial charge in [-0.05, 0) is 24.0 Å². The van der Waals surface area contributed by atoms with Crippen LogP contribution in [0.15, 0.2) is 24.3 Å². The van der Waals surface area contributed by atoms with Crippen LogP contribution in [0.5, 0.6) is 0 Å². The Bertz CT molecular complexity index is 729. The number of imide groups is 2. The molecular formula is C18H24N4O4. The fourth-order valence-electron chi connectivity index (χ4n) is 2.76. The summed E-state index contributed by atoms with van der Waals surface area (Å²) in [5.74, 6) is -0.631. The molecule has 1 aliphatic rings. The lowest BCUT2D eigenvalue weighted by molar-refractivity contribution is -0.131. The summed E-state index contributed by atoms with van der Waals surface area (Å²) in [5.41, 5.74) is 0.638. The molecule has 1 unspecified atom stereocenters. The molecule has 140 valence electrons. The van der Waals surface area contributed by atoms with Crippen molar-refractivity contribution < 1.29 is 19.2 Å². The van der Waals surface area contributed by atoms with Crippen LogP contribution in [0.2, 0.25) is 0 Å². The highest BCUT2D eigenvalue weighted by Gasteiger charge is 2.48. The van der Waals surface area contributed by atoms with E-state index in [4.69, 9.17) is 0 Å². The molecule has 1 fully saturated rings. The van der Waals surface area contributed by atoms with E-state index in [1.165, 1.54) is 7.05 Å². The molecule has 2 rings (SSSR count). The summed E-state index contributed by atoms with van der Waals surface area (Å²) >= 11 is 0. The highest BCUT2D eigenvalue weighted by atomic mass is 16.2. The predicted octanol–water partition coefficient (Wildman–Crippen LogP) is 1.42. The molecule has 1 aliphatic heterocycles.